The van der Waals surface area contributed by atoms with Crippen LogP contribution < -0.4 is 5.32 Å². The lowest BCUT2D eigenvalue weighted by Gasteiger charge is -2.31. The van der Waals surface area contributed by atoms with Crippen molar-refractivity contribution in [3.05, 3.63) is 40.8 Å². The Balaban J connectivity index is 1.50. The largest absolute Gasteiger partial charge is 0.424 e. The Kier molecular flexibility index (Phi) is 5.42. The Labute approximate surface area is 145 Å². The second-order valence-electron chi connectivity index (χ2n) is 6.02. The summed E-state index contributed by atoms with van der Waals surface area (Å²) in [6.45, 7) is 4.96. The molecule has 3 rings (SSSR count). The van der Waals surface area contributed by atoms with Crippen LogP contribution in [0.1, 0.15) is 35.0 Å². The van der Waals surface area contributed by atoms with E-state index < -0.39 is 0 Å². The molecule has 1 fully saturated rings. The third-order valence-electron chi connectivity index (χ3n) is 4.10. The number of carbonyl (C=O) groups is 1. The monoisotopic (exact) mass is 349 g/mol. The number of aromatic nitrogens is 3. The molecule has 128 valence electrons. The van der Waals surface area contributed by atoms with E-state index >= 15 is 0 Å². The van der Waals surface area contributed by atoms with E-state index in [0.717, 1.165) is 25.9 Å². The first kappa shape index (κ1) is 16.9. The van der Waals surface area contributed by atoms with Crippen LogP contribution in [0.3, 0.4) is 0 Å². The van der Waals surface area contributed by atoms with E-state index in [0.29, 0.717) is 41.4 Å². The molecule has 0 spiro atoms. The number of piperidine rings is 1. The van der Waals surface area contributed by atoms with Gasteiger partial charge in [-0.3, -0.25) is 14.7 Å². The van der Waals surface area contributed by atoms with E-state index in [1.54, 1.807) is 19.2 Å². The van der Waals surface area contributed by atoms with Gasteiger partial charge in [0.1, 0.15) is 0 Å². The zero-order valence-electron chi connectivity index (χ0n) is 13.5. The molecule has 1 atom stereocenters. The summed E-state index contributed by atoms with van der Waals surface area (Å²) in [6.07, 6.45) is 5.22. The SMILES string of the molecule is Cc1nnc(CN2CCCC(CNC(=O)c3ccncc3Cl)C2)o1. The number of likely N-dealkylation sites (tertiary alicyclic amines) is 1. The number of hydrogen-bond acceptors (Lipinski definition) is 6. The average Bonchev–Trinajstić information content (AvgIpc) is 2.98. The zero-order valence-corrected chi connectivity index (χ0v) is 14.3. The number of hydrogen-bond donors (Lipinski definition) is 1. The van der Waals surface area contributed by atoms with Crippen LogP contribution in [-0.2, 0) is 6.54 Å². The number of carbonyl (C=O) groups excluding carboxylic acids is 1. The molecule has 8 heteroatoms. The normalized spacial score (nSPS) is 18.5. The second kappa shape index (κ2) is 7.72. The van der Waals surface area contributed by atoms with Crippen molar-refractivity contribution in [2.75, 3.05) is 19.6 Å². The number of nitrogens with zero attached hydrogens (tertiary/aromatic N) is 4. The molecule has 7 nitrogen and oxygen atoms in total. The number of nitrogens with one attached hydrogen (secondary N) is 1. The number of aryl methyl sites for hydroxylation is 1. The fourth-order valence-corrected chi connectivity index (χ4v) is 3.15. The quantitative estimate of drug-likeness (QED) is 0.889. The highest BCUT2D eigenvalue weighted by Crippen LogP contribution is 2.18. The van der Waals surface area contributed by atoms with Crippen molar-refractivity contribution >= 4 is 17.5 Å². The van der Waals surface area contributed by atoms with E-state index in [4.69, 9.17) is 16.0 Å². The molecule has 1 saturated heterocycles. The van der Waals surface area contributed by atoms with Crippen LogP contribution in [0.5, 0.6) is 0 Å². The molecule has 0 aromatic carbocycles. The van der Waals surface area contributed by atoms with Crippen molar-refractivity contribution in [3.63, 3.8) is 0 Å². The fourth-order valence-electron chi connectivity index (χ4n) is 2.95. The Morgan fingerprint density at radius 3 is 3.12 bits per heavy atom. The molecule has 1 aliphatic rings. The maximum atomic E-state index is 12.2. The molecule has 0 bridgehead atoms. The van der Waals surface area contributed by atoms with Crippen LogP contribution in [-0.4, -0.2) is 45.6 Å². The van der Waals surface area contributed by atoms with Crippen LogP contribution >= 0.6 is 11.6 Å². The zero-order chi connectivity index (χ0) is 16.9. The van der Waals surface area contributed by atoms with Gasteiger partial charge < -0.3 is 9.73 Å². The van der Waals surface area contributed by atoms with Crippen LogP contribution in [0, 0.1) is 12.8 Å². The van der Waals surface area contributed by atoms with Crippen molar-refractivity contribution in [2.45, 2.75) is 26.3 Å². The minimum absolute atomic E-state index is 0.160. The van der Waals surface area contributed by atoms with Gasteiger partial charge in [0.2, 0.25) is 11.8 Å². The van der Waals surface area contributed by atoms with E-state index in [-0.39, 0.29) is 5.91 Å². The molecule has 2 aromatic rings. The predicted octanol–water partition coefficient (Wildman–Crippen LogP) is 2.07. The average molecular weight is 350 g/mol. The van der Waals surface area contributed by atoms with E-state index in [9.17, 15) is 4.79 Å². The van der Waals surface area contributed by atoms with Gasteiger partial charge in [0.05, 0.1) is 17.1 Å². The molecule has 3 heterocycles. The molecule has 2 aromatic heterocycles. The predicted molar refractivity (Wildman–Crippen MR) is 88.6 cm³/mol. The first-order valence-electron chi connectivity index (χ1n) is 8.01. The number of halogens is 1. The van der Waals surface area contributed by atoms with Gasteiger partial charge in [0.15, 0.2) is 0 Å². The summed E-state index contributed by atoms with van der Waals surface area (Å²) in [5.41, 5.74) is 0.459. The lowest BCUT2D eigenvalue weighted by molar-refractivity contribution is 0.0927. The molecular formula is C16H20ClN5O2. The summed E-state index contributed by atoms with van der Waals surface area (Å²) in [7, 11) is 0. The summed E-state index contributed by atoms with van der Waals surface area (Å²) < 4.78 is 5.44. The maximum Gasteiger partial charge on any atom is 0.252 e. The maximum absolute atomic E-state index is 12.2. The van der Waals surface area contributed by atoms with Gasteiger partial charge >= 0.3 is 0 Å². The fraction of sp³-hybridized carbons (Fsp3) is 0.500. The van der Waals surface area contributed by atoms with Crippen LogP contribution in [0.2, 0.25) is 5.02 Å². The molecular weight excluding hydrogens is 330 g/mol. The minimum atomic E-state index is -0.160. The van der Waals surface area contributed by atoms with Gasteiger partial charge in [-0.05, 0) is 31.4 Å². The first-order valence-corrected chi connectivity index (χ1v) is 8.38. The molecule has 1 aliphatic heterocycles. The van der Waals surface area contributed by atoms with Crippen molar-refractivity contribution in [1.82, 2.24) is 25.4 Å². The van der Waals surface area contributed by atoms with Gasteiger partial charge in [0, 0.05) is 32.4 Å². The summed E-state index contributed by atoms with van der Waals surface area (Å²) in [4.78, 5) is 18.4. The highest BCUT2D eigenvalue weighted by atomic mass is 35.5. The highest BCUT2D eigenvalue weighted by Gasteiger charge is 2.22. The van der Waals surface area contributed by atoms with E-state index in [1.165, 1.54) is 6.20 Å². The first-order chi connectivity index (χ1) is 11.6. The summed E-state index contributed by atoms with van der Waals surface area (Å²) in [5, 5.41) is 11.2. The van der Waals surface area contributed by atoms with E-state index in [1.807, 2.05) is 0 Å². The molecule has 1 amide bonds. The molecule has 24 heavy (non-hydrogen) atoms. The Hall–Kier alpha value is -1.99. The third-order valence-corrected chi connectivity index (χ3v) is 4.40. The summed E-state index contributed by atoms with van der Waals surface area (Å²) >= 11 is 6.00. The summed E-state index contributed by atoms with van der Waals surface area (Å²) in [5.74, 6) is 1.46. The standard InChI is InChI=1S/C16H20ClN5O2/c1-11-20-21-15(24-11)10-22-6-2-3-12(9-22)7-19-16(23)13-4-5-18-8-14(13)17/h4-5,8,12H,2-3,6-7,9-10H2,1H3,(H,19,23). The molecule has 0 saturated carbocycles. The molecule has 1 unspecified atom stereocenters. The van der Waals surface area contributed by atoms with E-state index in [2.05, 4.69) is 25.4 Å². The van der Waals surface area contributed by atoms with Crippen LogP contribution in [0.25, 0.3) is 0 Å². The molecule has 0 radical (unpaired) electrons. The summed E-state index contributed by atoms with van der Waals surface area (Å²) in [6, 6.07) is 1.63. The van der Waals surface area contributed by atoms with Crippen LogP contribution in [0.4, 0.5) is 0 Å². The number of amides is 1. The third kappa shape index (κ3) is 4.30. The van der Waals surface area contributed by atoms with Crippen LogP contribution in [0.15, 0.2) is 22.9 Å². The Bertz CT molecular complexity index is 705. The van der Waals surface area contributed by atoms with Gasteiger partial charge in [-0.2, -0.15) is 0 Å². The van der Waals surface area contributed by atoms with Gasteiger partial charge in [-0.25, -0.2) is 0 Å². The molecule has 0 aliphatic carbocycles. The minimum Gasteiger partial charge on any atom is -0.424 e. The van der Waals surface area contributed by atoms with Crippen molar-refractivity contribution in [2.24, 2.45) is 5.92 Å². The number of rotatable bonds is 5. The topological polar surface area (TPSA) is 84.2 Å². The lowest BCUT2D eigenvalue weighted by Crippen LogP contribution is -2.40. The van der Waals surface area contributed by atoms with Crippen molar-refractivity contribution in [3.8, 4) is 0 Å². The number of pyridine rings is 1. The van der Waals surface area contributed by atoms with Gasteiger partial charge in [0.25, 0.3) is 5.91 Å². The highest BCUT2D eigenvalue weighted by molar-refractivity contribution is 6.33. The smallest absolute Gasteiger partial charge is 0.252 e. The van der Waals surface area contributed by atoms with Gasteiger partial charge in [-0.1, -0.05) is 11.6 Å². The Morgan fingerprint density at radius 2 is 2.38 bits per heavy atom. The van der Waals surface area contributed by atoms with Crippen molar-refractivity contribution in [1.29, 1.82) is 0 Å². The van der Waals surface area contributed by atoms with Gasteiger partial charge in [-0.15, -0.1) is 10.2 Å². The van der Waals surface area contributed by atoms with Crippen molar-refractivity contribution < 1.29 is 9.21 Å². The lowest BCUT2D eigenvalue weighted by atomic mass is 9.98. The molecule has 1 N–H and O–H groups in total. The second-order valence-corrected chi connectivity index (χ2v) is 6.43. The Morgan fingerprint density at radius 1 is 1.50 bits per heavy atom.